The van der Waals surface area contributed by atoms with E-state index < -0.39 is 0 Å². The van der Waals surface area contributed by atoms with Gasteiger partial charge in [-0.05, 0) is 30.9 Å². The number of nitrogens with zero attached hydrogens (tertiary/aromatic N) is 3. The maximum absolute atomic E-state index is 12.8. The number of pyridine rings is 1. The molecule has 2 aliphatic rings. The van der Waals surface area contributed by atoms with E-state index in [0.717, 1.165) is 31.6 Å². The smallest absolute Gasteiger partial charge is 0.272 e. The average molecular weight is 316 g/mol. The van der Waals surface area contributed by atoms with Crippen molar-refractivity contribution in [2.75, 3.05) is 31.1 Å². The van der Waals surface area contributed by atoms with Crippen LogP contribution in [0.3, 0.4) is 0 Å². The molecule has 0 aliphatic carbocycles. The van der Waals surface area contributed by atoms with Crippen LogP contribution >= 0.6 is 0 Å². The summed E-state index contributed by atoms with van der Waals surface area (Å²) in [6.07, 6.45) is 3.69. The van der Waals surface area contributed by atoms with E-state index >= 15 is 0 Å². The minimum Gasteiger partial charge on any atom is -0.360 e. The molecule has 6 nitrogen and oxygen atoms in total. The molecule has 3 heterocycles. The molecule has 0 saturated carbocycles. The lowest BCUT2D eigenvalue weighted by molar-refractivity contribution is -0.120. The molecule has 0 bridgehead atoms. The van der Waals surface area contributed by atoms with Gasteiger partial charge in [0.05, 0.1) is 6.54 Å². The quantitative estimate of drug-likeness (QED) is 0.912. The Labute approximate surface area is 136 Å². The first-order valence-corrected chi connectivity index (χ1v) is 8.38. The first-order chi connectivity index (χ1) is 11.1. The van der Waals surface area contributed by atoms with Crippen molar-refractivity contribution in [3.63, 3.8) is 0 Å². The van der Waals surface area contributed by atoms with Gasteiger partial charge in [0.25, 0.3) is 5.91 Å². The van der Waals surface area contributed by atoms with Crippen molar-refractivity contribution in [2.45, 2.75) is 32.7 Å². The van der Waals surface area contributed by atoms with Crippen molar-refractivity contribution < 1.29 is 9.59 Å². The topological polar surface area (TPSA) is 65.5 Å². The summed E-state index contributed by atoms with van der Waals surface area (Å²) in [7, 11) is 0. The summed E-state index contributed by atoms with van der Waals surface area (Å²) >= 11 is 0. The number of rotatable bonds is 3. The van der Waals surface area contributed by atoms with Gasteiger partial charge < -0.3 is 15.1 Å². The number of carbonyl (C=O) groups is 2. The van der Waals surface area contributed by atoms with Crippen LogP contribution in [0.1, 0.15) is 37.2 Å². The third-order valence-electron chi connectivity index (χ3n) is 4.93. The van der Waals surface area contributed by atoms with E-state index in [4.69, 9.17) is 0 Å². The fourth-order valence-corrected chi connectivity index (χ4v) is 3.62. The van der Waals surface area contributed by atoms with Gasteiger partial charge in [0.1, 0.15) is 5.69 Å². The molecule has 2 aliphatic heterocycles. The van der Waals surface area contributed by atoms with Gasteiger partial charge >= 0.3 is 0 Å². The molecular formula is C17H24N4O2. The average Bonchev–Trinajstić information content (AvgIpc) is 2.95. The Balaban J connectivity index is 1.79. The Morgan fingerprint density at radius 1 is 1.43 bits per heavy atom. The molecule has 2 saturated heterocycles. The van der Waals surface area contributed by atoms with Crippen molar-refractivity contribution >= 4 is 17.5 Å². The van der Waals surface area contributed by atoms with Crippen molar-refractivity contribution in [3.05, 3.63) is 24.0 Å². The molecule has 0 radical (unpaired) electrons. The van der Waals surface area contributed by atoms with E-state index in [1.807, 2.05) is 21.9 Å². The summed E-state index contributed by atoms with van der Waals surface area (Å²) in [6, 6.07) is 3.98. The van der Waals surface area contributed by atoms with Crippen LogP contribution in [0.15, 0.2) is 18.3 Å². The lowest BCUT2D eigenvalue weighted by Gasteiger charge is -2.29. The summed E-state index contributed by atoms with van der Waals surface area (Å²) in [4.78, 5) is 32.6. The Bertz CT molecular complexity index is 604. The number of hydrogen-bond acceptors (Lipinski definition) is 4. The van der Waals surface area contributed by atoms with Crippen molar-refractivity contribution in [3.8, 4) is 0 Å². The SMILES string of the molecule is CC[C@@H]1[C@H](C)CCN1C(=O)c1cc(N2CCNC(=O)C2)ccn1. The monoisotopic (exact) mass is 316 g/mol. The van der Waals surface area contributed by atoms with E-state index in [0.29, 0.717) is 30.7 Å². The first kappa shape index (κ1) is 15.8. The molecule has 2 fully saturated rings. The van der Waals surface area contributed by atoms with Crippen LogP contribution in [0.2, 0.25) is 0 Å². The fourth-order valence-electron chi connectivity index (χ4n) is 3.62. The van der Waals surface area contributed by atoms with E-state index in [1.165, 1.54) is 0 Å². The van der Waals surface area contributed by atoms with Gasteiger partial charge in [0.2, 0.25) is 5.91 Å². The van der Waals surface area contributed by atoms with E-state index in [1.54, 1.807) is 6.20 Å². The summed E-state index contributed by atoms with van der Waals surface area (Å²) in [5.41, 5.74) is 1.36. The molecule has 6 heteroatoms. The molecule has 1 aromatic rings. The number of anilines is 1. The highest BCUT2D eigenvalue weighted by molar-refractivity contribution is 5.94. The zero-order chi connectivity index (χ0) is 16.4. The highest BCUT2D eigenvalue weighted by Gasteiger charge is 2.34. The molecule has 23 heavy (non-hydrogen) atoms. The Morgan fingerprint density at radius 3 is 3.00 bits per heavy atom. The van der Waals surface area contributed by atoms with Gasteiger partial charge in [-0.1, -0.05) is 13.8 Å². The van der Waals surface area contributed by atoms with Crippen LogP contribution in [0, 0.1) is 5.92 Å². The van der Waals surface area contributed by atoms with Crippen molar-refractivity contribution in [1.82, 2.24) is 15.2 Å². The van der Waals surface area contributed by atoms with E-state index in [2.05, 4.69) is 24.1 Å². The van der Waals surface area contributed by atoms with Crippen LogP contribution in [0.5, 0.6) is 0 Å². The predicted molar refractivity (Wildman–Crippen MR) is 88.4 cm³/mol. The van der Waals surface area contributed by atoms with Crippen molar-refractivity contribution in [2.24, 2.45) is 5.92 Å². The third kappa shape index (κ3) is 3.16. The predicted octanol–water partition coefficient (Wildman–Crippen LogP) is 1.28. The number of amides is 2. The first-order valence-electron chi connectivity index (χ1n) is 8.38. The van der Waals surface area contributed by atoms with Crippen LogP contribution in [0.4, 0.5) is 5.69 Å². The summed E-state index contributed by atoms with van der Waals surface area (Å²) in [6.45, 7) is 6.85. The fraction of sp³-hybridized carbons (Fsp3) is 0.588. The lowest BCUT2D eigenvalue weighted by atomic mass is 10.0. The summed E-state index contributed by atoms with van der Waals surface area (Å²) < 4.78 is 0. The molecule has 1 aromatic heterocycles. The Hall–Kier alpha value is -2.11. The van der Waals surface area contributed by atoms with Gasteiger partial charge in [-0.25, -0.2) is 0 Å². The van der Waals surface area contributed by atoms with Crippen LogP contribution in [-0.2, 0) is 4.79 Å². The molecule has 0 unspecified atom stereocenters. The number of piperazine rings is 1. The number of likely N-dealkylation sites (tertiary alicyclic amines) is 1. The maximum atomic E-state index is 12.8. The number of carbonyl (C=O) groups excluding carboxylic acids is 2. The second-order valence-corrected chi connectivity index (χ2v) is 6.41. The molecular weight excluding hydrogens is 292 g/mol. The minimum atomic E-state index is 0.00418. The van der Waals surface area contributed by atoms with E-state index in [9.17, 15) is 9.59 Å². The van der Waals surface area contributed by atoms with Gasteiger partial charge in [0.15, 0.2) is 0 Å². The second-order valence-electron chi connectivity index (χ2n) is 6.41. The maximum Gasteiger partial charge on any atom is 0.272 e. The Kier molecular flexibility index (Phi) is 4.50. The second kappa shape index (κ2) is 6.56. The molecule has 124 valence electrons. The molecule has 0 aromatic carbocycles. The summed E-state index contributed by atoms with van der Waals surface area (Å²) in [5.74, 6) is 0.558. The largest absolute Gasteiger partial charge is 0.360 e. The minimum absolute atomic E-state index is 0.00418. The summed E-state index contributed by atoms with van der Waals surface area (Å²) in [5, 5.41) is 2.81. The van der Waals surface area contributed by atoms with Crippen LogP contribution < -0.4 is 10.2 Å². The normalized spacial score (nSPS) is 24.7. The standard InChI is InChI=1S/C17H24N4O2/c1-3-15-12(2)5-8-21(15)17(23)14-10-13(4-6-18-14)20-9-7-19-16(22)11-20/h4,6,10,12,15H,3,5,7-9,11H2,1-2H3,(H,19,22)/t12-,15-/m1/s1. The molecule has 2 amide bonds. The van der Waals surface area contributed by atoms with Gasteiger partial charge in [-0.2, -0.15) is 0 Å². The highest BCUT2D eigenvalue weighted by atomic mass is 16.2. The van der Waals surface area contributed by atoms with Gasteiger partial charge in [-0.3, -0.25) is 14.6 Å². The molecule has 0 spiro atoms. The zero-order valence-electron chi connectivity index (χ0n) is 13.8. The number of nitrogens with one attached hydrogen (secondary N) is 1. The van der Waals surface area contributed by atoms with Crippen LogP contribution in [-0.4, -0.2) is 53.9 Å². The van der Waals surface area contributed by atoms with Crippen LogP contribution in [0.25, 0.3) is 0 Å². The van der Waals surface area contributed by atoms with Gasteiger partial charge in [0, 0.05) is 37.6 Å². The lowest BCUT2D eigenvalue weighted by Crippen LogP contribution is -2.47. The molecule has 3 rings (SSSR count). The highest BCUT2D eigenvalue weighted by Crippen LogP contribution is 2.28. The zero-order valence-corrected chi connectivity index (χ0v) is 13.8. The van der Waals surface area contributed by atoms with E-state index in [-0.39, 0.29) is 11.8 Å². The Morgan fingerprint density at radius 2 is 2.26 bits per heavy atom. The third-order valence-corrected chi connectivity index (χ3v) is 4.93. The number of hydrogen-bond donors (Lipinski definition) is 1. The molecule has 1 N–H and O–H groups in total. The molecule has 2 atom stereocenters. The van der Waals surface area contributed by atoms with Gasteiger partial charge in [-0.15, -0.1) is 0 Å². The number of aromatic nitrogens is 1. The van der Waals surface area contributed by atoms with Crippen molar-refractivity contribution in [1.29, 1.82) is 0 Å².